The Labute approximate surface area is 150 Å². The molecule has 0 heterocycles. The molecule has 134 valence electrons. The molecule has 1 N–H and O–H groups in total. The molecule has 0 radical (unpaired) electrons. The fourth-order valence-corrected chi connectivity index (χ4v) is 2.71. The van der Waals surface area contributed by atoms with Crippen LogP contribution >= 0.6 is 0 Å². The topological polar surface area (TPSA) is 41.6 Å². The number of nitrogens with zero attached hydrogens (tertiary/aromatic N) is 1. The van der Waals surface area contributed by atoms with E-state index in [1.54, 1.807) is 0 Å². The lowest BCUT2D eigenvalue weighted by atomic mass is 10.0. The van der Waals surface area contributed by atoms with Gasteiger partial charge in [-0.1, -0.05) is 30.3 Å². The van der Waals surface area contributed by atoms with Crippen LogP contribution in [0.3, 0.4) is 0 Å². The predicted molar refractivity (Wildman–Crippen MR) is 103 cm³/mol. The molecule has 2 aromatic carbocycles. The first-order valence-electron chi connectivity index (χ1n) is 8.51. The number of amides is 1. The number of hydrogen-bond acceptors (Lipinski definition) is 3. The molecule has 0 atom stereocenters. The van der Waals surface area contributed by atoms with Crippen LogP contribution in [0.4, 0.5) is 5.69 Å². The molecule has 1 amide bonds. The highest BCUT2D eigenvalue weighted by molar-refractivity contribution is 5.95. The zero-order valence-electron chi connectivity index (χ0n) is 15.8. The van der Waals surface area contributed by atoms with E-state index < -0.39 is 5.54 Å². The van der Waals surface area contributed by atoms with Crippen LogP contribution in [0.5, 0.6) is 0 Å². The number of aryl methyl sites for hydroxylation is 1. The Bertz CT molecular complexity index is 709. The fourth-order valence-electron chi connectivity index (χ4n) is 2.71. The normalized spacial score (nSPS) is 11.2. The van der Waals surface area contributed by atoms with E-state index in [1.165, 1.54) is 0 Å². The molecule has 0 aromatic heterocycles. The zero-order chi connectivity index (χ0) is 18.4. The summed E-state index contributed by atoms with van der Waals surface area (Å²) < 4.78 is 5.77. The number of ether oxygens (including phenoxy) is 1. The summed E-state index contributed by atoms with van der Waals surface area (Å²) in [7, 11) is 3.99. The van der Waals surface area contributed by atoms with Crippen molar-refractivity contribution in [3.05, 3.63) is 65.2 Å². The number of benzene rings is 2. The first-order valence-corrected chi connectivity index (χ1v) is 8.51. The predicted octanol–water partition coefficient (Wildman–Crippen LogP) is 3.79. The summed E-state index contributed by atoms with van der Waals surface area (Å²) in [6.07, 6.45) is 0. The minimum atomic E-state index is -0.444. The van der Waals surface area contributed by atoms with Gasteiger partial charge in [-0.3, -0.25) is 4.79 Å². The van der Waals surface area contributed by atoms with Gasteiger partial charge in [0.1, 0.15) is 0 Å². The molecule has 0 spiro atoms. The van der Waals surface area contributed by atoms with Gasteiger partial charge < -0.3 is 15.0 Å². The van der Waals surface area contributed by atoms with Crippen molar-refractivity contribution in [1.29, 1.82) is 0 Å². The molecule has 0 saturated carbocycles. The second kappa shape index (κ2) is 8.17. The maximum Gasteiger partial charge on any atom is 0.251 e. The number of nitrogens with one attached hydrogen (secondary N) is 1. The van der Waals surface area contributed by atoms with Gasteiger partial charge in [-0.2, -0.15) is 0 Å². The first-order chi connectivity index (χ1) is 11.8. The molecule has 0 fully saturated rings. The summed E-state index contributed by atoms with van der Waals surface area (Å²) in [6, 6.07) is 15.8. The lowest BCUT2D eigenvalue weighted by Gasteiger charge is -2.26. The average Bonchev–Trinajstić information content (AvgIpc) is 2.54. The van der Waals surface area contributed by atoms with Crippen LogP contribution in [-0.4, -0.2) is 32.1 Å². The van der Waals surface area contributed by atoms with Crippen molar-refractivity contribution in [2.75, 3.05) is 25.6 Å². The Morgan fingerprint density at radius 1 is 1.12 bits per heavy atom. The van der Waals surface area contributed by atoms with Crippen LogP contribution in [0, 0.1) is 6.92 Å². The highest BCUT2D eigenvalue weighted by Gasteiger charge is 2.22. The molecule has 2 aromatic rings. The molecule has 0 aliphatic heterocycles. The second-order valence-electron chi connectivity index (χ2n) is 7.21. The van der Waals surface area contributed by atoms with Crippen LogP contribution in [0.1, 0.15) is 35.3 Å². The van der Waals surface area contributed by atoms with Crippen molar-refractivity contribution < 1.29 is 9.53 Å². The van der Waals surface area contributed by atoms with Gasteiger partial charge in [0.15, 0.2) is 0 Å². The Morgan fingerprint density at radius 3 is 2.40 bits per heavy atom. The third-order valence-corrected chi connectivity index (χ3v) is 3.97. The third kappa shape index (κ3) is 5.61. The summed E-state index contributed by atoms with van der Waals surface area (Å²) in [6.45, 7) is 6.94. The summed E-state index contributed by atoms with van der Waals surface area (Å²) in [5.41, 5.74) is 3.54. The molecule has 25 heavy (non-hydrogen) atoms. The molecule has 4 nitrogen and oxygen atoms in total. The van der Waals surface area contributed by atoms with Gasteiger partial charge in [0.25, 0.3) is 5.91 Å². The van der Waals surface area contributed by atoms with Crippen molar-refractivity contribution in [1.82, 2.24) is 5.32 Å². The van der Waals surface area contributed by atoms with E-state index in [4.69, 9.17) is 4.74 Å². The summed E-state index contributed by atoms with van der Waals surface area (Å²) in [4.78, 5) is 14.6. The number of carbonyl (C=O) groups excluding carboxylic acids is 1. The lowest BCUT2D eigenvalue weighted by molar-refractivity contribution is 0.0617. The van der Waals surface area contributed by atoms with E-state index in [0.717, 1.165) is 16.8 Å². The first kappa shape index (κ1) is 19.0. The van der Waals surface area contributed by atoms with Gasteiger partial charge in [0.2, 0.25) is 0 Å². The highest BCUT2D eigenvalue weighted by Crippen LogP contribution is 2.19. The van der Waals surface area contributed by atoms with Crippen molar-refractivity contribution in [3.63, 3.8) is 0 Å². The largest absolute Gasteiger partial charge is 0.377 e. The minimum Gasteiger partial charge on any atom is -0.377 e. The number of rotatable bonds is 7. The van der Waals surface area contributed by atoms with Crippen molar-refractivity contribution in [2.24, 2.45) is 0 Å². The quantitative estimate of drug-likeness (QED) is 0.834. The van der Waals surface area contributed by atoms with E-state index >= 15 is 0 Å². The van der Waals surface area contributed by atoms with Crippen LogP contribution in [0.25, 0.3) is 0 Å². The standard InChI is InChI=1S/C21H28N2O2/c1-16-13-18(11-12-19(16)23(4)5)20(24)22-21(2,3)15-25-14-17-9-7-6-8-10-17/h6-13H,14-15H2,1-5H3,(H,22,24). The maximum atomic E-state index is 12.5. The zero-order valence-corrected chi connectivity index (χ0v) is 15.8. The van der Waals surface area contributed by atoms with Gasteiger partial charge in [-0.15, -0.1) is 0 Å². The van der Waals surface area contributed by atoms with Gasteiger partial charge in [0, 0.05) is 25.3 Å². The van der Waals surface area contributed by atoms with Crippen LogP contribution < -0.4 is 10.2 Å². The summed E-state index contributed by atoms with van der Waals surface area (Å²) in [5, 5.41) is 3.06. The number of carbonyl (C=O) groups is 1. The maximum absolute atomic E-state index is 12.5. The minimum absolute atomic E-state index is 0.0817. The number of anilines is 1. The molecule has 2 rings (SSSR count). The van der Waals surface area contributed by atoms with Crippen molar-refractivity contribution in [3.8, 4) is 0 Å². The third-order valence-electron chi connectivity index (χ3n) is 3.97. The Balaban J connectivity index is 1.92. The van der Waals surface area contributed by atoms with Crippen LogP contribution in [0.2, 0.25) is 0 Å². The van der Waals surface area contributed by atoms with E-state index in [-0.39, 0.29) is 5.91 Å². The molecular formula is C21H28N2O2. The van der Waals surface area contributed by atoms with Gasteiger partial charge in [0.05, 0.1) is 18.8 Å². The highest BCUT2D eigenvalue weighted by atomic mass is 16.5. The molecular weight excluding hydrogens is 312 g/mol. The van der Waals surface area contributed by atoms with Crippen molar-refractivity contribution in [2.45, 2.75) is 32.9 Å². The monoisotopic (exact) mass is 340 g/mol. The van der Waals surface area contributed by atoms with E-state index in [0.29, 0.717) is 18.8 Å². The van der Waals surface area contributed by atoms with E-state index in [2.05, 4.69) is 5.32 Å². The Kier molecular flexibility index (Phi) is 6.21. The van der Waals surface area contributed by atoms with Crippen molar-refractivity contribution >= 4 is 11.6 Å². The summed E-state index contributed by atoms with van der Waals surface area (Å²) >= 11 is 0. The number of hydrogen-bond donors (Lipinski definition) is 1. The van der Waals surface area contributed by atoms with Gasteiger partial charge >= 0.3 is 0 Å². The fraction of sp³-hybridized carbons (Fsp3) is 0.381. The van der Waals surface area contributed by atoms with Gasteiger partial charge in [-0.25, -0.2) is 0 Å². The smallest absolute Gasteiger partial charge is 0.251 e. The van der Waals surface area contributed by atoms with Gasteiger partial charge in [-0.05, 0) is 50.1 Å². The van der Waals surface area contributed by atoms with E-state index in [9.17, 15) is 4.79 Å². The molecule has 0 unspecified atom stereocenters. The Morgan fingerprint density at radius 2 is 1.80 bits per heavy atom. The lowest BCUT2D eigenvalue weighted by Crippen LogP contribution is -2.47. The SMILES string of the molecule is Cc1cc(C(=O)NC(C)(C)COCc2ccccc2)ccc1N(C)C. The van der Waals surface area contributed by atoms with E-state index in [1.807, 2.05) is 88.3 Å². The molecule has 4 heteroatoms. The van der Waals surface area contributed by atoms with Crippen LogP contribution in [0.15, 0.2) is 48.5 Å². The second-order valence-corrected chi connectivity index (χ2v) is 7.21. The van der Waals surface area contributed by atoms with Crippen LogP contribution in [-0.2, 0) is 11.3 Å². The molecule has 0 saturated heterocycles. The average molecular weight is 340 g/mol. The molecule has 0 bridgehead atoms. The Hall–Kier alpha value is -2.33. The molecule has 0 aliphatic carbocycles. The summed E-state index contributed by atoms with van der Waals surface area (Å²) in [5.74, 6) is -0.0817. The molecule has 0 aliphatic rings.